The van der Waals surface area contributed by atoms with Crippen LogP contribution in [0.5, 0.6) is 5.75 Å². The molecule has 112 valence electrons. The molecule has 0 saturated heterocycles. The molecular formula is C17H27NO2. The number of fused-ring (bicyclic) bond motifs is 1. The van der Waals surface area contributed by atoms with Gasteiger partial charge in [0.05, 0.1) is 6.61 Å². The number of hydrogen-bond donors (Lipinski definition) is 2. The maximum absolute atomic E-state index is 9.33. The Kier molecular flexibility index (Phi) is 4.71. The predicted octanol–water partition coefficient (Wildman–Crippen LogP) is 3.14. The summed E-state index contributed by atoms with van der Waals surface area (Å²) in [4.78, 5) is 0. The number of nitrogens with one attached hydrogen (secondary N) is 1. The number of rotatable bonds is 4. The number of aliphatic hydroxyl groups excluding tert-OH is 1. The van der Waals surface area contributed by atoms with Crippen LogP contribution >= 0.6 is 0 Å². The Labute approximate surface area is 122 Å². The van der Waals surface area contributed by atoms with Crippen molar-refractivity contribution in [2.75, 3.05) is 13.2 Å². The van der Waals surface area contributed by atoms with Gasteiger partial charge < -0.3 is 15.2 Å². The highest BCUT2D eigenvalue weighted by Gasteiger charge is 2.33. The lowest BCUT2D eigenvalue weighted by molar-refractivity contribution is 0.137. The molecule has 2 rings (SSSR count). The maximum atomic E-state index is 9.33. The molecule has 3 heteroatoms. The molecule has 0 saturated carbocycles. The minimum absolute atomic E-state index is 0.121. The quantitative estimate of drug-likeness (QED) is 0.888. The smallest absolute Gasteiger partial charge is 0.124 e. The van der Waals surface area contributed by atoms with Crippen molar-refractivity contribution in [3.63, 3.8) is 0 Å². The largest absolute Gasteiger partial charge is 0.493 e. The van der Waals surface area contributed by atoms with Gasteiger partial charge in [-0.05, 0) is 17.9 Å². The molecule has 0 radical (unpaired) electrons. The fourth-order valence-corrected chi connectivity index (χ4v) is 2.86. The van der Waals surface area contributed by atoms with E-state index < -0.39 is 0 Å². The Morgan fingerprint density at radius 1 is 1.35 bits per heavy atom. The summed E-state index contributed by atoms with van der Waals surface area (Å²) in [5.74, 6) is 1.41. The van der Waals surface area contributed by atoms with E-state index in [1.165, 1.54) is 5.56 Å². The van der Waals surface area contributed by atoms with Crippen LogP contribution in [0.1, 0.15) is 45.7 Å². The second-order valence-electron chi connectivity index (χ2n) is 6.90. The molecule has 0 spiro atoms. The van der Waals surface area contributed by atoms with Gasteiger partial charge in [-0.15, -0.1) is 0 Å². The number of aliphatic hydroxyl groups is 1. The molecule has 1 heterocycles. The van der Waals surface area contributed by atoms with Crippen LogP contribution in [0.2, 0.25) is 0 Å². The summed E-state index contributed by atoms with van der Waals surface area (Å²) in [6, 6.07) is 8.82. The van der Waals surface area contributed by atoms with Crippen molar-refractivity contribution in [3.8, 4) is 5.75 Å². The Bertz CT molecular complexity index is 439. The molecule has 0 fully saturated rings. The molecule has 20 heavy (non-hydrogen) atoms. The topological polar surface area (TPSA) is 41.5 Å². The first-order valence-electron chi connectivity index (χ1n) is 7.52. The van der Waals surface area contributed by atoms with Crippen molar-refractivity contribution in [1.29, 1.82) is 0 Å². The van der Waals surface area contributed by atoms with Gasteiger partial charge in [0, 0.05) is 30.2 Å². The van der Waals surface area contributed by atoms with E-state index in [9.17, 15) is 5.11 Å². The summed E-state index contributed by atoms with van der Waals surface area (Å²) in [5.41, 5.74) is 1.36. The zero-order valence-electron chi connectivity index (χ0n) is 13.0. The summed E-state index contributed by atoms with van der Waals surface area (Å²) in [7, 11) is 0. The van der Waals surface area contributed by atoms with Gasteiger partial charge >= 0.3 is 0 Å². The lowest BCUT2D eigenvalue weighted by Gasteiger charge is -2.39. The van der Waals surface area contributed by atoms with E-state index in [0.29, 0.717) is 5.92 Å². The lowest BCUT2D eigenvalue weighted by atomic mass is 9.82. The van der Waals surface area contributed by atoms with Crippen LogP contribution in [0.4, 0.5) is 0 Å². The number of ether oxygens (including phenoxy) is 1. The van der Waals surface area contributed by atoms with Gasteiger partial charge in [-0.2, -0.15) is 0 Å². The van der Waals surface area contributed by atoms with Crippen molar-refractivity contribution in [1.82, 2.24) is 5.32 Å². The zero-order valence-corrected chi connectivity index (χ0v) is 13.0. The molecule has 0 aliphatic carbocycles. The average molecular weight is 277 g/mol. The summed E-state index contributed by atoms with van der Waals surface area (Å²) < 4.78 is 5.80. The Morgan fingerprint density at radius 2 is 2.05 bits per heavy atom. The first-order valence-corrected chi connectivity index (χ1v) is 7.52. The molecule has 0 bridgehead atoms. The SMILES string of the molecule is CC1COc2ccccc2C1NC(CCO)C(C)(C)C. The van der Waals surface area contributed by atoms with Crippen LogP contribution in [0.3, 0.4) is 0 Å². The highest BCUT2D eigenvalue weighted by atomic mass is 16.5. The predicted molar refractivity (Wildman–Crippen MR) is 81.9 cm³/mol. The molecule has 1 aliphatic heterocycles. The Balaban J connectivity index is 2.22. The molecule has 3 nitrogen and oxygen atoms in total. The van der Waals surface area contributed by atoms with Gasteiger partial charge in [-0.3, -0.25) is 0 Å². The molecule has 1 aromatic rings. The highest BCUT2D eigenvalue weighted by molar-refractivity contribution is 5.38. The first kappa shape index (κ1) is 15.3. The summed E-state index contributed by atoms with van der Waals surface area (Å²) in [5, 5.41) is 13.1. The van der Waals surface area contributed by atoms with Gasteiger partial charge in [0.2, 0.25) is 0 Å². The maximum Gasteiger partial charge on any atom is 0.124 e. The Morgan fingerprint density at radius 3 is 2.70 bits per heavy atom. The molecule has 3 unspecified atom stereocenters. The van der Waals surface area contributed by atoms with Gasteiger partial charge in [0.25, 0.3) is 0 Å². The third-order valence-corrected chi connectivity index (χ3v) is 4.17. The van der Waals surface area contributed by atoms with E-state index in [1.54, 1.807) is 0 Å². The van der Waals surface area contributed by atoms with Crippen LogP contribution in [0.25, 0.3) is 0 Å². The van der Waals surface area contributed by atoms with E-state index >= 15 is 0 Å². The fraction of sp³-hybridized carbons (Fsp3) is 0.647. The second kappa shape index (κ2) is 6.15. The molecule has 2 N–H and O–H groups in total. The summed E-state index contributed by atoms with van der Waals surface area (Å²) >= 11 is 0. The molecule has 0 amide bonds. The molecule has 1 aliphatic rings. The van der Waals surface area contributed by atoms with Crippen molar-refractivity contribution in [2.24, 2.45) is 11.3 Å². The van der Waals surface area contributed by atoms with Crippen LogP contribution < -0.4 is 10.1 Å². The normalized spacial score (nSPS) is 23.9. The van der Waals surface area contributed by atoms with Gasteiger partial charge in [-0.1, -0.05) is 45.9 Å². The average Bonchev–Trinajstić information content (AvgIpc) is 2.40. The van der Waals surface area contributed by atoms with E-state index in [1.807, 2.05) is 12.1 Å². The Hall–Kier alpha value is -1.06. The van der Waals surface area contributed by atoms with E-state index in [-0.39, 0.29) is 24.1 Å². The molecule has 1 aromatic carbocycles. The third-order valence-electron chi connectivity index (χ3n) is 4.17. The fourth-order valence-electron chi connectivity index (χ4n) is 2.86. The van der Waals surface area contributed by atoms with Crippen LogP contribution in [0, 0.1) is 11.3 Å². The van der Waals surface area contributed by atoms with Gasteiger partial charge in [-0.25, -0.2) is 0 Å². The minimum atomic E-state index is 0.121. The monoisotopic (exact) mass is 277 g/mol. The number of hydrogen-bond acceptors (Lipinski definition) is 3. The highest BCUT2D eigenvalue weighted by Crippen LogP contribution is 2.37. The molecule has 0 aromatic heterocycles. The third kappa shape index (κ3) is 3.33. The summed E-state index contributed by atoms with van der Waals surface area (Å²) in [6.07, 6.45) is 0.774. The first-order chi connectivity index (χ1) is 9.43. The van der Waals surface area contributed by atoms with Crippen molar-refractivity contribution in [2.45, 2.75) is 46.2 Å². The van der Waals surface area contributed by atoms with E-state index in [2.05, 4.69) is 45.1 Å². The van der Waals surface area contributed by atoms with Crippen LogP contribution in [-0.4, -0.2) is 24.4 Å². The number of benzene rings is 1. The van der Waals surface area contributed by atoms with Gasteiger partial charge in [0.1, 0.15) is 5.75 Å². The van der Waals surface area contributed by atoms with E-state index in [4.69, 9.17) is 4.74 Å². The second-order valence-corrected chi connectivity index (χ2v) is 6.90. The van der Waals surface area contributed by atoms with Crippen LogP contribution in [0.15, 0.2) is 24.3 Å². The molecule has 3 atom stereocenters. The minimum Gasteiger partial charge on any atom is -0.493 e. The van der Waals surface area contributed by atoms with Crippen molar-refractivity contribution in [3.05, 3.63) is 29.8 Å². The van der Waals surface area contributed by atoms with Crippen LogP contribution in [-0.2, 0) is 0 Å². The molecular weight excluding hydrogens is 250 g/mol. The number of para-hydroxylation sites is 1. The standard InChI is InChI=1S/C17H27NO2/c1-12-11-20-14-8-6-5-7-13(14)16(12)18-15(9-10-19)17(2,3)4/h5-8,12,15-16,18-19H,9-11H2,1-4H3. The van der Waals surface area contributed by atoms with Crippen molar-refractivity contribution >= 4 is 0 Å². The van der Waals surface area contributed by atoms with Gasteiger partial charge in [0.15, 0.2) is 0 Å². The zero-order chi connectivity index (χ0) is 14.8. The summed E-state index contributed by atoms with van der Waals surface area (Å²) in [6.45, 7) is 9.83. The lowest BCUT2D eigenvalue weighted by Crippen LogP contribution is -2.46. The van der Waals surface area contributed by atoms with Crippen molar-refractivity contribution < 1.29 is 9.84 Å². The van der Waals surface area contributed by atoms with E-state index in [0.717, 1.165) is 18.8 Å².